The van der Waals surface area contributed by atoms with Crippen LogP contribution in [0.5, 0.6) is 0 Å². The molecule has 0 atom stereocenters. The van der Waals surface area contributed by atoms with Gasteiger partial charge < -0.3 is 20.9 Å². The van der Waals surface area contributed by atoms with Crippen molar-refractivity contribution in [2.75, 3.05) is 26.3 Å². The lowest BCUT2D eigenvalue weighted by Crippen LogP contribution is -2.46. The first-order valence-corrected chi connectivity index (χ1v) is 7.14. The zero-order chi connectivity index (χ0) is 14.4. The van der Waals surface area contributed by atoms with Gasteiger partial charge in [-0.3, -0.25) is 4.79 Å². The first kappa shape index (κ1) is 16.4. The maximum absolute atomic E-state index is 11.8. The fraction of sp³-hybridized carbons (Fsp3) is 0.929. The number of amides is 1. The molecule has 5 nitrogen and oxygen atoms in total. The average molecular weight is 272 g/mol. The normalized spacial score (nSPS) is 19.2. The Balaban J connectivity index is 2.24. The van der Waals surface area contributed by atoms with Gasteiger partial charge in [-0.05, 0) is 24.8 Å². The SMILES string of the molecule is CC(C)(CCN)CCC(=O)NCC1(O)CCOCC1. The third kappa shape index (κ3) is 6.36. The molecular weight excluding hydrogens is 244 g/mol. The van der Waals surface area contributed by atoms with Crippen LogP contribution in [0.4, 0.5) is 0 Å². The van der Waals surface area contributed by atoms with Gasteiger partial charge in [-0.25, -0.2) is 0 Å². The monoisotopic (exact) mass is 272 g/mol. The maximum atomic E-state index is 11.8. The lowest BCUT2D eigenvalue weighted by atomic mass is 9.84. The van der Waals surface area contributed by atoms with Gasteiger partial charge in [-0.2, -0.15) is 0 Å². The second kappa shape index (κ2) is 7.22. The summed E-state index contributed by atoms with van der Waals surface area (Å²) >= 11 is 0. The Morgan fingerprint density at radius 2 is 2.00 bits per heavy atom. The molecule has 5 heteroatoms. The molecule has 0 aromatic carbocycles. The summed E-state index contributed by atoms with van der Waals surface area (Å²) < 4.78 is 5.21. The average Bonchev–Trinajstić information content (AvgIpc) is 2.35. The molecule has 1 amide bonds. The summed E-state index contributed by atoms with van der Waals surface area (Å²) in [7, 11) is 0. The van der Waals surface area contributed by atoms with Gasteiger partial charge in [0.2, 0.25) is 5.91 Å². The van der Waals surface area contributed by atoms with Crippen molar-refractivity contribution in [1.82, 2.24) is 5.32 Å². The van der Waals surface area contributed by atoms with E-state index in [9.17, 15) is 9.90 Å². The molecule has 1 rings (SSSR count). The van der Waals surface area contributed by atoms with Crippen LogP contribution in [-0.2, 0) is 9.53 Å². The van der Waals surface area contributed by atoms with Crippen LogP contribution in [0.3, 0.4) is 0 Å². The standard InChI is InChI=1S/C14H28N2O3/c1-13(2,5-8-15)4-3-12(17)16-11-14(18)6-9-19-10-7-14/h18H,3-11,15H2,1-2H3,(H,16,17). The van der Waals surface area contributed by atoms with Gasteiger partial charge in [-0.15, -0.1) is 0 Å². The molecule has 0 aromatic rings. The van der Waals surface area contributed by atoms with E-state index in [0.29, 0.717) is 45.6 Å². The van der Waals surface area contributed by atoms with Crippen LogP contribution in [-0.4, -0.2) is 42.9 Å². The largest absolute Gasteiger partial charge is 0.388 e. The first-order valence-electron chi connectivity index (χ1n) is 7.14. The van der Waals surface area contributed by atoms with Crippen molar-refractivity contribution in [3.63, 3.8) is 0 Å². The lowest BCUT2D eigenvalue weighted by molar-refractivity contribution is -0.124. The maximum Gasteiger partial charge on any atom is 0.220 e. The number of carbonyl (C=O) groups is 1. The van der Waals surface area contributed by atoms with Crippen LogP contribution >= 0.6 is 0 Å². The van der Waals surface area contributed by atoms with E-state index < -0.39 is 5.60 Å². The highest BCUT2D eigenvalue weighted by Gasteiger charge is 2.30. The lowest BCUT2D eigenvalue weighted by Gasteiger charge is -2.32. The van der Waals surface area contributed by atoms with E-state index in [-0.39, 0.29) is 11.3 Å². The van der Waals surface area contributed by atoms with Gasteiger partial charge in [0.1, 0.15) is 0 Å². The van der Waals surface area contributed by atoms with E-state index in [2.05, 4.69) is 19.2 Å². The smallest absolute Gasteiger partial charge is 0.220 e. The first-order chi connectivity index (χ1) is 8.87. The molecule has 0 bridgehead atoms. The highest BCUT2D eigenvalue weighted by atomic mass is 16.5. The van der Waals surface area contributed by atoms with Crippen LogP contribution in [0.1, 0.15) is 46.0 Å². The van der Waals surface area contributed by atoms with E-state index in [1.165, 1.54) is 0 Å². The fourth-order valence-electron chi connectivity index (χ4n) is 2.25. The molecule has 19 heavy (non-hydrogen) atoms. The van der Waals surface area contributed by atoms with Crippen molar-refractivity contribution >= 4 is 5.91 Å². The topological polar surface area (TPSA) is 84.6 Å². The summed E-state index contributed by atoms with van der Waals surface area (Å²) in [6.45, 7) is 6.35. The molecule has 4 N–H and O–H groups in total. The number of carbonyl (C=O) groups excluding carboxylic acids is 1. The van der Waals surface area contributed by atoms with Crippen molar-refractivity contribution in [2.45, 2.75) is 51.6 Å². The minimum atomic E-state index is -0.791. The molecule has 1 heterocycles. The predicted molar refractivity (Wildman–Crippen MR) is 74.7 cm³/mol. The summed E-state index contributed by atoms with van der Waals surface area (Å²) in [4.78, 5) is 11.8. The Labute approximate surface area is 115 Å². The molecule has 112 valence electrons. The number of ether oxygens (including phenoxy) is 1. The van der Waals surface area contributed by atoms with E-state index in [0.717, 1.165) is 12.8 Å². The van der Waals surface area contributed by atoms with Crippen LogP contribution in [0.15, 0.2) is 0 Å². The van der Waals surface area contributed by atoms with Gasteiger partial charge in [0.25, 0.3) is 0 Å². The molecule has 0 saturated carbocycles. The number of hydrogen-bond acceptors (Lipinski definition) is 4. The third-order valence-electron chi connectivity index (χ3n) is 3.89. The van der Waals surface area contributed by atoms with Crippen molar-refractivity contribution in [3.8, 4) is 0 Å². The zero-order valence-electron chi connectivity index (χ0n) is 12.2. The fourth-order valence-corrected chi connectivity index (χ4v) is 2.25. The van der Waals surface area contributed by atoms with Gasteiger partial charge in [0, 0.05) is 39.0 Å². The summed E-state index contributed by atoms with van der Waals surface area (Å²) in [6, 6.07) is 0. The minimum Gasteiger partial charge on any atom is -0.388 e. The van der Waals surface area contributed by atoms with E-state index >= 15 is 0 Å². The minimum absolute atomic E-state index is 0.00464. The van der Waals surface area contributed by atoms with E-state index in [4.69, 9.17) is 10.5 Å². The summed E-state index contributed by atoms with van der Waals surface area (Å²) in [5.41, 5.74) is 4.86. The number of rotatable bonds is 7. The van der Waals surface area contributed by atoms with Crippen LogP contribution < -0.4 is 11.1 Å². The van der Waals surface area contributed by atoms with Crippen LogP contribution in [0.2, 0.25) is 0 Å². The van der Waals surface area contributed by atoms with E-state index in [1.54, 1.807) is 0 Å². The molecule has 1 aliphatic heterocycles. The van der Waals surface area contributed by atoms with Gasteiger partial charge >= 0.3 is 0 Å². The Morgan fingerprint density at radius 1 is 1.37 bits per heavy atom. The second-order valence-electron chi connectivity index (χ2n) is 6.32. The molecule has 0 spiro atoms. The van der Waals surface area contributed by atoms with Gasteiger partial charge in [0.15, 0.2) is 0 Å². The Bertz CT molecular complexity index is 286. The van der Waals surface area contributed by atoms with Gasteiger partial charge in [-0.1, -0.05) is 13.8 Å². The van der Waals surface area contributed by atoms with Crippen molar-refractivity contribution in [1.29, 1.82) is 0 Å². The molecule has 1 saturated heterocycles. The molecule has 0 aromatic heterocycles. The zero-order valence-corrected chi connectivity index (χ0v) is 12.2. The molecule has 0 unspecified atom stereocenters. The highest BCUT2D eigenvalue weighted by Crippen LogP contribution is 2.26. The summed E-state index contributed by atoms with van der Waals surface area (Å²) in [5, 5.41) is 13.1. The number of nitrogens with one attached hydrogen (secondary N) is 1. The Hall–Kier alpha value is -0.650. The van der Waals surface area contributed by atoms with Crippen molar-refractivity contribution < 1.29 is 14.6 Å². The third-order valence-corrected chi connectivity index (χ3v) is 3.89. The summed E-state index contributed by atoms with van der Waals surface area (Å²) in [6.07, 6.45) is 3.40. The van der Waals surface area contributed by atoms with Gasteiger partial charge in [0.05, 0.1) is 5.60 Å². The summed E-state index contributed by atoms with van der Waals surface area (Å²) in [5.74, 6) is 0.00464. The molecule has 0 radical (unpaired) electrons. The quantitative estimate of drug-likeness (QED) is 0.640. The molecule has 0 aliphatic carbocycles. The van der Waals surface area contributed by atoms with Crippen molar-refractivity contribution in [2.24, 2.45) is 11.1 Å². The molecule has 1 aliphatic rings. The number of hydrogen-bond donors (Lipinski definition) is 3. The predicted octanol–water partition coefficient (Wildman–Crippen LogP) is 0.799. The Kier molecular flexibility index (Phi) is 6.23. The Morgan fingerprint density at radius 3 is 2.58 bits per heavy atom. The number of nitrogens with two attached hydrogens (primary N) is 1. The van der Waals surface area contributed by atoms with Crippen LogP contribution in [0, 0.1) is 5.41 Å². The van der Waals surface area contributed by atoms with E-state index in [1.807, 2.05) is 0 Å². The highest BCUT2D eigenvalue weighted by molar-refractivity contribution is 5.75. The second-order valence-corrected chi connectivity index (χ2v) is 6.32. The number of aliphatic hydroxyl groups is 1. The molecule has 1 fully saturated rings. The molecular formula is C14H28N2O3. The van der Waals surface area contributed by atoms with Crippen molar-refractivity contribution in [3.05, 3.63) is 0 Å². The van der Waals surface area contributed by atoms with Crippen LogP contribution in [0.25, 0.3) is 0 Å².